The Balaban J connectivity index is 1.51. The van der Waals surface area contributed by atoms with Gasteiger partial charge in [0.15, 0.2) is 0 Å². The summed E-state index contributed by atoms with van der Waals surface area (Å²) in [5.74, 6) is -0.482. The fraction of sp³-hybridized carbons (Fsp3) is 0.323. The Bertz CT molecular complexity index is 1260. The number of rotatable bonds is 8. The number of carbonyl (C=O) groups is 3. The molecule has 0 aromatic heterocycles. The van der Waals surface area contributed by atoms with Crippen molar-refractivity contribution in [3.05, 3.63) is 101 Å². The van der Waals surface area contributed by atoms with Gasteiger partial charge in [-0.15, -0.1) is 0 Å². The monoisotopic (exact) mass is 515 g/mol. The second kappa shape index (κ2) is 12.0. The first-order chi connectivity index (χ1) is 18.2. The van der Waals surface area contributed by atoms with Crippen molar-refractivity contribution in [3.63, 3.8) is 0 Å². The highest BCUT2D eigenvalue weighted by molar-refractivity contribution is 5.90. The summed E-state index contributed by atoms with van der Waals surface area (Å²) < 4.78 is 14.5. The fourth-order valence-corrected chi connectivity index (χ4v) is 4.81. The molecule has 0 spiro atoms. The highest BCUT2D eigenvalue weighted by Crippen LogP contribution is 2.27. The van der Waals surface area contributed by atoms with Crippen molar-refractivity contribution in [2.45, 2.75) is 57.8 Å². The molecule has 0 aliphatic carbocycles. The van der Waals surface area contributed by atoms with Gasteiger partial charge in [0.2, 0.25) is 17.7 Å². The summed E-state index contributed by atoms with van der Waals surface area (Å²) in [6.45, 7) is 5.57. The van der Waals surface area contributed by atoms with E-state index in [2.05, 4.69) is 36.6 Å². The van der Waals surface area contributed by atoms with Gasteiger partial charge in [-0.1, -0.05) is 80.6 Å². The molecule has 3 atom stereocenters. The predicted molar refractivity (Wildman–Crippen MR) is 146 cm³/mol. The molecule has 6 nitrogen and oxygen atoms in total. The molecule has 0 saturated carbocycles. The van der Waals surface area contributed by atoms with E-state index in [0.29, 0.717) is 11.6 Å². The van der Waals surface area contributed by atoms with E-state index in [9.17, 15) is 18.8 Å². The van der Waals surface area contributed by atoms with Crippen LogP contribution in [0.25, 0.3) is 0 Å². The zero-order valence-corrected chi connectivity index (χ0v) is 22.0. The topological polar surface area (TPSA) is 78.5 Å². The first-order valence-electron chi connectivity index (χ1n) is 13.0. The summed E-state index contributed by atoms with van der Waals surface area (Å²) >= 11 is 0. The molecule has 1 heterocycles. The van der Waals surface area contributed by atoms with E-state index < -0.39 is 18.3 Å². The van der Waals surface area contributed by atoms with Crippen LogP contribution in [0.2, 0.25) is 0 Å². The molecular formula is C31H34FN3O3. The molecule has 1 aliphatic rings. The molecule has 3 amide bonds. The molecule has 0 radical (unpaired) electrons. The molecule has 38 heavy (non-hydrogen) atoms. The van der Waals surface area contributed by atoms with E-state index in [-0.39, 0.29) is 37.1 Å². The van der Waals surface area contributed by atoms with E-state index in [1.807, 2.05) is 42.5 Å². The Labute approximate surface area is 223 Å². The Hall–Kier alpha value is -4.00. The molecular weight excluding hydrogens is 481 g/mol. The van der Waals surface area contributed by atoms with Gasteiger partial charge in [-0.25, -0.2) is 4.39 Å². The van der Waals surface area contributed by atoms with Gasteiger partial charge in [0.1, 0.15) is 12.2 Å². The molecule has 1 saturated heterocycles. The van der Waals surface area contributed by atoms with E-state index in [0.717, 1.165) is 16.7 Å². The van der Waals surface area contributed by atoms with Crippen molar-refractivity contribution in [3.8, 4) is 0 Å². The molecule has 198 valence electrons. The fourth-order valence-electron chi connectivity index (χ4n) is 4.81. The lowest BCUT2D eigenvalue weighted by Gasteiger charge is -2.27. The van der Waals surface area contributed by atoms with Crippen LogP contribution in [0, 0.1) is 0 Å². The Morgan fingerprint density at radius 2 is 1.50 bits per heavy atom. The van der Waals surface area contributed by atoms with E-state index in [1.54, 1.807) is 24.3 Å². The second-order valence-electron chi connectivity index (χ2n) is 10.1. The number of hydrogen-bond acceptors (Lipinski definition) is 3. The van der Waals surface area contributed by atoms with Crippen LogP contribution in [0.3, 0.4) is 0 Å². The predicted octanol–water partition coefficient (Wildman–Crippen LogP) is 5.16. The minimum atomic E-state index is -1.27. The number of likely N-dealkylation sites (tertiary alicyclic amines) is 1. The normalized spacial score (nSPS) is 17.8. The van der Waals surface area contributed by atoms with Crippen LogP contribution in [-0.4, -0.2) is 41.4 Å². The maximum Gasteiger partial charge on any atom is 0.243 e. The van der Waals surface area contributed by atoms with Gasteiger partial charge in [0.05, 0.1) is 19.0 Å². The second-order valence-corrected chi connectivity index (χ2v) is 10.1. The SMILES string of the molecule is CC(=O)Nc1ccc(CC(=O)N2CC(F)CC2C(=O)NC(c2ccccc2)c2ccc(C(C)C)cc2)cc1. The Morgan fingerprint density at radius 3 is 2.11 bits per heavy atom. The zero-order chi connectivity index (χ0) is 27.2. The summed E-state index contributed by atoms with van der Waals surface area (Å²) in [5.41, 5.74) is 4.37. The Kier molecular flexibility index (Phi) is 8.56. The first kappa shape index (κ1) is 27.0. The lowest BCUT2D eigenvalue weighted by atomic mass is 9.95. The van der Waals surface area contributed by atoms with Crippen LogP contribution in [0.15, 0.2) is 78.9 Å². The van der Waals surface area contributed by atoms with Crippen molar-refractivity contribution < 1.29 is 18.8 Å². The van der Waals surface area contributed by atoms with Crippen molar-refractivity contribution in [1.82, 2.24) is 10.2 Å². The number of hydrogen-bond donors (Lipinski definition) is 2. The van der Waals surface area contributed by atoms with Crippen molar-refractivity contribution >= 4 is 23.4 Å². The minimum Gasteiger partial charge on any atom is -0.343 e. The zero-order valence-electron chi connectivity index (χ0n) is 22.0. The van der Waals surface area contributed by atoms with Gasteiger partial charge in [0, 0.05) is 19.0 Å². The molecule has 7 heteroatoms. The summed E-state index contributed by atoms with van der Waals surface area (Å²) in [4.78, 5) is 39.3. The third kappa shape index (κ3) is 6.65. The smallest absolute Gasteiger partial charge is 0.243 e. The average molecular weight is 516 g/mol. The van der Waals surface area contributed by atoms with Gasteiger partial charge in [-0.2, -0.15) is 0 Å². The molecule has 3 aromatic rings. The van der Waals surface area contributed by atoms with Crippen LogP contribution in [0.4, 0.5) is 10.1 Å². The van der Waals surface area contributed by atoms with Gasteiger partial charge < -0.3 is 15.5 Å². The van der Waals surface area contributed by atoms with Crippen LogP contribution >= 0.6 is 0 Å². The standard InChI is InChI=1S/C31H34FN3O3/c1-20(2)23-11-13-25(14-12-23)30(24-7-5-4-6-8-24)34-31(38)28-18-26(32)19-35(28)29(37)17-22-9-15-27(16-10-22)33-21(3)36/h4-16,20,26,28,30H,17-19H2,1-3H3,(H,33,36)(H,34,38). The highest BCUT2D eigenvalue weighted by Gasteiger charge is 2.40. The maximum atomic E-state index is 14.5. The molecule has 2 N–H and O–H groups in total. The van der Waals surface area contributed by atoms with Gasteiger partial charge >= 0.3 is 0 Å². The third-order valence-electron chi connectivity index (χ3n) is 6.86. The lowest BCUT2D eigenvalue weighted by Crippen LogP contribution is -2.47. The third-order valence-corrected chi connectivity index (χ3v) is 6.86. The van der Waals surface area contributed by atoms with Crippen LogP contribution in [0.1, 0.15) is 61.4 Å². The summed E-state index contributed by atoms with van der Waals surface area (Å²) in [6, 6.07) is 23.4. The van der Waals surface area contributed by atoms with E-state index in [4.69, 9.17) is 0 Å². The van der Waals surface area contributed by atoms with Crippen LogP contribution < -0.4 is 10.6 Å². The van der Waals surface area contributed by atoms with Crippen molar-refractivity contribution in [1.29, 1.82) is 0 Å². The van der Waals surface area contributed by atoms with Gasteiger partial charge in [-0.05, 0) is 40.3 Å². The number of alkyl halides is 1. The van der Waals surface area contributed by atoms with Crippen molar-refractivity contribution in [2.24, 2.45) is 0 Å². The summed E-state index contributed by atoms with van der Waals surface area (Å²) in [5, 5.41) is 5.78. The number of benzene rings is 3. The van der Waals surface area contributed by atoms with E-state index in [1.165, 1.54) is 17.4 Å². The number of anilines is 1. The maximum absolute atomic E-state index is 14.5. The molecule has 1 aliphatic heterocycles. The largest absolute Gasteiger partial charge is 0.343 e. The van der Waals surface area contributed by atoms with Gasteiger partial charge in [0.25, 0.3) is 0 Å². The number of halogens is 1. The first-order valence-corrected chi connectivity index (χ1v) is 13.0. The van der Waals surface area contributed by atoms with Gasteiger partial charge in [-0.3, -0.25) is 14.4 Å². The quantitative estimate of drug-likeness (QED) is 0.435. The number of carbonyl (C=O) groups excluding carboxylic acids is 3. The molecule has 4 rings (SSSR count). The molecule has 3 aromatic carbocycles. The van der Waals surface area contributed by atoms with Crippen LogP contribution in [0.5, 0.6) is 0 Å². The Morgan fingerprint density at radius 1 is 0.895 bits per heavy atom. The summed E-state index contributed by atoms with van der Waals surface area (Å²) in [6.07, 6.45) is -1.26. The molecule has 0 bridgehead atoms. The van der Waals surface area contributed by atoms with E-state index >= 15 is 0 Å². The summed E-state index contributed by atoms with van der Waals surface area (Å²) in [7, 11) is 0. The average Bonchev–Trinajstić information content (AvgIpc) is 3.30. The van der Waals surface area contributed by atoms with Crippen molar-refractivity contribution in [2.75, 3.05) is 11.9 Å². The molecule has 1 fully saturated rings. The number of nitrogens with zero attached hydrogens (tertiary/aromatic N) is 1. The number of amides is 3. The molecule has 3 unspecified atom stereocenters. The lowest BCUT2D eigenvalue weighted by molar-refractivity contribution is -0.138. The van der Waals surface area contributed by atoms with Crippen LogP contribution in [-0.2, 0) is 20.8 Å². The highest BCUT2D eigenvalue weighted by atomic mass is 19.1. The number of nitrogens with one attached hydrogen (secondary N) is 2. The minimum absolute atomic E-state index is 0.0349.